The van der Waals surface area contributed by atoms with Crippen LogP contribution in [-0.4, -0.2) is 20.1 Å². The van der Waals surface area contributed by atoms with Gasteiger partial charge in [-0.05, 0) is 25.1 Å². The van der Waals surface area contributed by atoms with Gasteiger partial charge in [-0.2, -0.15) is 0 Å². The third kappa shape index (κ3) is 2.32. The molecule has 0 saturated carbocycles. The van der Waals surface area contributed by atoms with Crippen molar-refractivity contribution >= 4 is 0 Å². The molecular formula is C16H14FN3O. The molecule has 106 valence electrons. The van der Waals surface area contributed by atoms with Crippen molar-refractivity contribution in [1.29, 1.82) is 0 Å². The summed E-state index contributed by atoms with van der Waals surface area (Å²) in [6, 6.07) is 15.4. The quantitative estimate of drug-likeness (QED) is 0.804. The van der Waals surface area contributed by atoms with Gasteiger partial charge in [0.25, 0.3) is 0 Å². The summed E-state index contributed by atoms with van der Waals surface area (Å²) in [6.07, 6.45) is 1.44. The topological polar surface area (TPSA) is 50.9 Å². The number of para-hydroxylation sites is 1. The van der Waals surface area contributed by atoms with Crippen molar-refractivity contribution in [3.8, 4) is 5.69 Å². The molecule has 0 fully saturated rings. The number of hydrogen-bond donors (Lipinski definition) is 1. The van der Waals surface area contributed by atoms with E-state index in [2.05, 4.69) is 10.3 Å². The monoisotopic (exact) mass is 283 g/mol. The van der Waals surface area contributed by atoms with Crippen LogP contribution in [0.4, 0.5) is 4.39 Å². The van der Waals surface area contributed by atoms with Crippen molar-refractivity contribution < 1.29 is 9.50 Å². The van der Waals surface area contributed by atoms with Crippen LogP contribution >= 0.6 is 0 Å². The lowest BCUT2D eigenvalue weighted by atomic mass is 9.92. The molecule has 1 heterocycles. The fourth-order valence-electron chi connectivity index (χ4n) is 2.32. The van der Waals surface area contributed by atoms with Crippen LogP contribution in [-0.2, 0) is 5.60 Å². The molecule has 0 spiro atoms. The van der Waals surface area contributed by atoms with E-state index in [0.717, 1.165) is 5.69 Å². The summed E-state index contributed by atoms with van der Waals surface area (Å²) in [6.45, 7) is 1.53. The maximum absolute atomic E-state index is 14.0. The summed E-state index contributed by atoms with van der Waals surface area (Å²) in [7, 11) is 0. The molecule has 21 heavy (non-hydrogen) atoms. The molecule has 1 aromatic heterocycles. The molecule has 1 unspecified atom stereocenters. The highest BCUT2D eigenvalue weighted by molar-refractivity contribution is 5.37. The Morgan fingerprint density at radius 1 is 1.05 bits per heavy atom. The third-order valence-corrected chi connectivity index (χ3v) is 3.45. The lowest BCUT2D eigenvalue weighted by Gasteiger charge is -2.24. The number of hydrogen-bond acceptors (Lipinski definition) is 3. The first kappa shape index (κ1) is 13.5. The smallest absolute Gasteiger partial charge is 0.133 e. The maximum atomic E-state index is 14.0. The Bertz CT molecular complexity index is 753. The normalized spacial score (nSPS) is 13.9. The second-order valence-corrected chi connectivity index (χ2v) is 4.92. The Morgan fingerprint density at radius 3 is 2.43 bits per heavy atom. The third-order valence-electron chi connectivity index (χ3n) is 3.45. The molecule has 0 aliphatic heterocycles. The second-order valence-electron chi connectivity index (χ2n) is 4.92. The van der Waals surface area contributed by atoms with E-state index >= 15 is 0 Å². The molecule has 1 atom stereocenters. The number of aliphatic hydroxyl groups is 1. The lowest BCUT2D eigenvalue weighted by Crippen LogP contribution is -2.27. The Morgan fingerprint density at radius 2 is 1.71 bits per heavy atom. The highest BCUT2D eigenvalue weighted by Crippen LogP contribution is 2.31. The molecule has 0 saturated heterocycles. The first-order valence-corrected chi connectivity index (χ1v) is 6.54. The van der Waals surface area contributed by atoms with E-state index in [1.165, 1.54) is 23.9 Å². The summed E-state index contributed by atoms with van der Waals surface area (Å²) >= 11 is 0. The molecular weight excluding hydrogens is 269 g/mol. The van der Waals surface area contributed by atoms with Gasteiger partial charge in [0.1, 0.15) is 17.1 Å². The largest absolute Gasteiger partial charge is 0.379 e. The first-order valence-electron chi connectivity index (χ1n) is 6.54. The molecule has 0 radical (unpaired) electrons. The number of halogens is 1. The van der Waals surface area contributed by atoms with E-state index < -0.39 is 11.4 Å². The van der Waals surface area contributed by atoms with Gasteiger partial charge in [0.2, 0.25) is 0 Å². The van der Waals surface area contributed by atoms with Gasteiger partial charge in [0.15, 0.2) is 0 Å². The highest BCUT2D eigenvalue weighted by Gasteiger charge is 2.33. The van der Waals surface area contributed by atoms with Crippen LogP contribution < -0.4 is 0 Å². The van der Waals surface area contributed by atoms with Gasteiger partial charge in [-0.3, -0.25) is 0 Å². The van der Waals surface area contributed by atoms with Crippen LogP contribution in [0.5, 0.6) is 0 Å². The summed E-state index contributed by atoms with van der Waals surface area (Å²) in [4.78, 5) is 0. The molecule has 1 N–H and O–H groups in total. The van der Waals surface area contributed by atoms with Crippen molar-refractivity contribution in [2.24, 2.45) is 0 Å². The zero-order valence-electron chi connectivity index (χ0n) is 11.4. The van der Waals surface area contributed by atoms with Crippen molar-refractivity contribution in [1.82, 2.24) is 15.0 Å². The maximum Gasteiger partial charge on any atom is 0.133 e. The van der Waals surface area contributed by atoms with Crippen LogP contribution in [0.2, 0.25) is 0 Å². The average Bonchev–Trinajstić information content (AvgIpc) is 2.99. The molecule has 3 aromatic rings. The van der Waals surface area contributed by atoms with Crippen molar-refractivity contribution in [3.63, 3.8) is 0 Å². The minimum atomic E-state index is -1.54. The zero-order valence-corrected chi connectivity index (χ0v) is 11.4. The minimum absolute atomic E-state index is 0.185. The standard InChI is InChI=1S/C16H14FN3O/c1-16(21,13-9-5-6-10-14(13)17)15-11-18-19-20(15)12-7-3-2-4-8-12/h2-11,21H,1H3. The van der Waals surface area contributed by atoms with Gasteiger partial charge in [0.05, 0.1) is 11.9 Å². The van der Waals surface area contributed by atoms with E-state index in [1.54, 1.807) is 18.2 Å². The van der Waals surface area contributed by atoms with Crippen molar-refractivity contribution in [3.05, 3.63) is 77.9 Å². The molecule has 2 aromatic carbocycles. The fourth-order valence-corrected chi connectivity index (χ4v) is 2.32. The van der Waals surface area contributed by atoms with Gasteiger partial charge in [-0.1, -0.05) is 41.6 Å². The van der Waals surface area contributed by atoms with Gasteiger partial charge in [-0.15, -0.1) is 5.10 Å². The molecule has 0 bridgehead atoms. The van der Waals surface area contributed by atoms with Gasteiger partial charge in [0, 0.05) is 5.56 Å². The van der Waals surface area contributed by atoms with E-state index in [0.29, 0.717) is 5.69 Å². The molecule has 5 heteroatoms. The molecule has 3 rings (SSSR count). The van der Waals surface area contributed by atoms with E-state index in [1.807, 2.05) is 30.3 Å². The second kappa shape index (κ2) is 5.10. The zero-order chi connectivity index (χ0) is 14.9. The van der Waals surface area contributed by atoms with Gasteiger partial charge < -0.3 is 5.11 Å². The lowest BCUT2D eigenvalue weighted by molar-refractivity contribution is 0.0904. The summed E-state index contributed by atoms with van der Waals surface area (Å²) < 4.78 is 15.5. The molecule has 0 aliphatic carbocycles. The summed E-state index contributed by atoms with van der Waals surface area (Å²) in [5.74, 6) is -0.469. The van der Waals surface area contributed by atoms with Gasteiger partial charge >= 0.3 is 0 Å². The molecule has 4 nitrogen and oxygen atoms in total. The Kier molecular flexibility index (Phi) is 3.27. The minimum Gasteiger partial charge on any atom is -0.379 e. The highest BCUT2D eigenvalue weighted by atomic mass is 19.1. The average molecular weight is 283 g/mol. The number of nitrogens with zero attached hydrogens (tertiary/aromatic N) is 3. The van der Waals surface area contributed by atoms with Gasteiger partial charge in [-0.25, -0.2) is 9.07 Å². The number of rotatable bonds is 3. The first-order chi connectivity index (χ1) is 10.1. The molecule has 0 amide bonds. The van der Waals surface area contributed by atoms with E-state index in [-0.39, 0.29) is 5.56 Å². The summed E-state index contributed by atoms with van der Waals surface area (Å²) in [5, 5.41) is 18.7. The summed E-state index contributed by atoms with van der Waals surface area (Å²) in [5.41, 5.74) is -0.199. The van der Waals surface area contributed by atoms with Crippen molar-refractivity contribution in [2.75, 3.05) is 0 Å². The van der Waals surface area contributed by atoms with Crippen LogP contribution in [0.3, 0.4) is 0 Å². The van der Waals surface area contributed by atoms with E-state index in [9.17, 15) is 9.50 Å². The Balaban J connectivity index is 2.14. The van der Waals surface area contributed by atoms with Crippen LogP contribution in [0.15, 0.2) is 60.8 Å². The molecule has 0 aliphatic rings. The van der Waals surface area contributed by atoms with Crippen molar-refractivity contribution in [2.45, 2.75) is 12.5 Å². The van der Waals surface area contributed by atoms with E-state index in [4.69, 9.17) is 0 Å². The van der Waals surface area contributed by atoms with Crippen LogP contribution in [0, 0.1) is 5.82 Å². The number of benzene rings is 2. The number of aromatic nitrogens is 3. The predicted molar refractivity (Wildman–Crippen MR) is 76.4 cm³/mol. The predicted octanol–water partition coefficient (Wildman–Crippen LogP) is 2.66. The Hall–Kier alpha value is -2.53. The van der Waals surface area contributed by atoms with Crippen LogP contribution in [0.1, 0.15) is 18.2 Å². The Labute approximate surface area is 121 Å². The fraction of sp³-hybridized carbons (Fsp3) is 0.125. The van der Waals surface area contributed by atoms with Crippen LogP contribution in [0.25, 0.3) is 5.69 Å². The SMILES string of the molecule is CC(O)(c1ccccc1F)c1cnnn1-c1ccccc1.